The van der Waals surface area contributed by atoms with Crippen molar-refractivity contribution in [2.45, 2.75) is 46.4 Å². The predicted molar refractivity (Wildman–Crippen MR) is 69.6 cm³/mol. The third-order valence-corrected chi connectivity index (χ3v) is 3.07. The lowest BCUT2D eigenvalue weighted by atomic mass is 10.0. The van der Waals surface area contributed by atoms with E-state index < -0.39 is 6.10 Å². The van der Waals surface area contributed by atoms with Crippen LogP contribution in [0.25, 0.3) is 0 Å². The summed E-state index contributed by atoms with van der Waals surface area (Å²) in [5.74, 6) is 0.340. The maximum Gasteiger partial charge on any atom is 0.274 e. The molecule has 0 saturated carbocycles. The number of carbonyl (C=O) groups is 1. The second-order valence-electron chi connectivity index (χ2n) is 4.98. The van der Waals surface area contributed by atoms with Crippen molar-refractivity contribution in [2.24, 2.45) is 5.92 Å². The Bertz CT molecular complexity index is 426. The van der Waals surface area contributed by atoms with Gasteiger partial charge in [0.1, 0.15) is 6.61 Å². The summed E-state index contributed by atoms with van der Waals surface area (Å²) in [5, 5.41) is 16.3. The molecule has 0 bridgehead atoms. The molecule has 6 nitrogen and oxygen atoms in total. The van der Waals surface area contributed by atoms with E-state index in [1.165, 1.54) is 7.11 Å². The molecule has 0 aliphatic rings. The van der Waals surface area contributed by atoms with Crippen LogP contribution in [0.3, 0.4) is 0 Å². The number of ether oxygens (including phenoxy) is 1. The molecule has 0 aliphatic carbocycles. The highest BCUT2D eigenvalue weighted by molar-refractivity contribution is 5.94. The van der Waals surface area contributed by atoms with Gasteiger partial charge in [-0.15, -0.1) is 0 Å². The molecule has 2 atom stereocenters. The second-order valence-corrected chi connectivity index (χ2v) is 4.98. The maximum atomic E-state index is 12.1. The molecule has 0 aromatic carbocycles. The molecule has 0 saturated heterocycles. The van der Waals surface area contributed by atoms with Crippen molar-refractivity contribution in [2.75, 3.05) is 7.11 Å². The lowest BCUT2D eigenvalue weighted by Gasteiger charge is -2.17. The van der Waals surface area contributed by atoms with Crippen molar-refractivity contribution >= 4 is 5.91 Å². The zero-order chi connectivity index (χ0) is 14.6. The molecule has 1 heterocycles. The molecular weight excluding hydrogens is 248 g/mol. The highest BCUT2D eigenvalue weighted by Crippen LogP contribution is 2.23. The van der Waals surface area contributed by atoms with Gasteiger partial charge in [0.2, 0.25) is 0 Å². The number of aliphatic hydroxyl groups excluding tert-OH is 1. The van der Waals surface area contributed by atoms with E-state index in [-0.39, 0.29) is 24.2 Å². The molecule has 0 fully saturated rings. The predicted octanol–water partition coefficient (Wildman–Crippen LogP) is 1.65. The van der Waals surface area contributed by atoms with Gasteiger partial charge in [-0.05, 0) is 19.8 Å². The Balaban J connectivity index is 2.96. The standard InChI is InChI=1S/C13H22N2O4/c1-7(2)8(3)14-13(17)12-11(9(4)16)10(6-18-5)19-15-12/h7-9,16H,6H2,1-5H3,(H,14,17). The lowest BCUT2D eigenvalue weighted by Crippen LogP contribution is -2.36. The first-order chi connectivity index (χ1) is 8.88. The Hall–Kier alpha value is -1.40. The largest absolute Gasteiger partial charge is 0.388 e. The number of nitrogens with zero attached hydrogens (tertiary/aromatic N) is 1. The normalized spacial score (nSPS) is 14.5. The maximum absolute atomic E-state index is 12.1. The van der Waals surface area contributed by atoms with Crippen molar-refractivity contribution in [3.8, 4) is 0 Å². The van der Waals surface area contributed by atoms with Gasteiger partial charge in [-0.1, -0.05) is 19.0 Å². The van der Waals surface area contributed by atoms with Crippen LogP contribution >= 0.6 is 0 Å². The quantitative estimate of drug-likeness (QED) is 0.821. The third kappa shape index (κ3) is 3.78. The Morgan fingerprint density at radius 2 is 2.05 bits per heavy atom. The molecule has 0 aliphatic heterocycles. The molecule has 1 rings (SSSR count). The minimum atomic E-state index is -0.841. The molecule has 1 amide bonds. The topological polar surface area (TPSA) is 84.6 Å². The van der Waals surface area contributed by atoms with Crippen molar-refractivity contribution in [3.63, 3.8) is 0 Å². The van der Waals surface area contributed by atoms with Crippen molar-refractivity contribution in [3.05, 3.63) is 17.0 Å². The molecule has 2 unspecified atom stereocenters. The number of rotatable bonds is 6. The molecule has 108 valence electrons. The van der Waals surface area contributed by atoms with Crippen molar-refractivity contribution in [1.29, 1.82) is 0 Å². The van der Waals surface area contributed by atoms with Gasteiger partial charge in [-0.2, -0.15) is 0 Å². The van der Waals surface area contributed by atoms with Crippen LogP contribution in [-0.4, -0.2) is 29.3 Å². The summed E-state index contributed by atoms with van der Waals surface area (Å²) in [4.78, 5) is 12.1. The number of hydrogen-bond donors (Lipinski definition) is 2. The van der Waals surface area contributed by atoms with E-state index in [4.69, 9.17) is 9.26 Å². The van der Waals surface area contributed by atoms with Gasteiger partial charge >= 0.3 is 0 Å². The van der Waals surface area contributed by atoms with Gasteiger partial charge in [0.05, 0.1) is 11.7 Å². The number of hydrogen-bond acceptors (Lipinski definition) is 5. The first-order valence-electron chi connectivity index (χ1n) is 6.34. The molecule has 1 aromatic rings. The Morgan fingerprint density at radius 1 is 1.42 bits per heavy atom. The van der Waals surface area contributed by atoms with Crippen molar-refractivity contribution in [1.82, 2.24) is 10.5 Å². The summed E-state index contributed by atoms with van der Waals surface area (Å²) in [5.41, 5.74) is 0.504. The van der Waals surface area contributed by atoms with E-state index in [2.05, 4.69) is 10.5 Å². The zero-order valence-corrected chi connectivity index (χ0v) is 12.1. The number of aliphatic hydroxyl groups is 1. The van der Waals surface area contributed by atoms with E-state index in [9.17, 15) is 9.90 Å². The van der Waals surface area contributed by atoms with Crippen LogP contribution in [-0.2, 0) is 11.3 Å². The first-order valence-corrected chi connectivity index (χ1v) is 6.34. The Kier molecular flexibility index (Phi) is 5.50. The number of nitrogens with one attached hydrogen (secondary N) is 1. The SMILES string of the molecule is COCc1onc(C(=O)NC(C)C(C)C)c1C(C)O. The summed E-state index contributed by atoms with van der Waals surface area (Å²) in [6.45, 7) is 7.68. The average Bonchev–Trinajstić information content (AvgIpc) is 2.73. The molecule has 1 aromatic heterocycles. The first kappa shape index (κ1) is 15.7. The highest BCUT2D eigenvalue weighted by atomic mass is 16.5. The van der Waals surface area contributed by atoms with Crippen molar-refractivity contribution < 1.29 is 19.2 Å². The van der Waals surface area contributed by atoms with Gasteiger partial charge in [-0.3, -0.25) is 4.79 Å². The van der Waals surface area contributed by atoms with Crippen LogP contribution in [0.1, 0.15) is 55.6 Å². The number of aromatic nitrogens is 1. The van der Waals surface area contributed by atoms with E-state index in [1.807, 2.05) is 20.8 Å². The van der Waals surface area contributed by atoms with Crippen LogP contribution in [0, 0.1) is 5.92 Å². The molecule has 0 spiro atoms. The Labute approximate surface area is 113 Å². The van der Waals surface area contributed by atoms with Gasteiger partial charge in [0, 0.05) is 13.2 Å². The molecular formula is C13H22N2O4. The smallest absolute Gasteiger partial charge is 0.274 e. The minimum absolute atomic E-state index is 0.0110. The minimum Gasteiger partial charge on any atom is -0.388 e. The third-order valence-electron chi connectivity index (χ3n) is 3.07. The number of amides is 1. The van der Waals surface area contributed by atoms with E-state index in [1.54, 1.807) is 6.92 Å². The van der Waals surface area contributed by atoms with E-state index in [0.717, 1.165) is 0 Å². The summed E-state index contributed by atoms with van der Waals surface area (Å²) in [6, 6.07) is 0.0110. The molecule has 19 heavy (non-hydrogen) atoms. The fraction of sp³-hybridized carbons (Fsp3) is 0.692. The fourth-order valence-corrected chi connectivity index (χ4v) is 1.60. The van der Waals surface area contributed by atoms with E-state index >= 15 is 0 Å². The van der Waals surface area contributed by atoms with Crippen LogP contribution < -0.4 is 5.32 Å². The van der Waals surface area contributed by atoms with Crippen LogP contribution in [0.5, 0.6) is 0 Å². The highest BCUT2D eigenvalue weighted by Gasteiger charge is 2.26. The van der Waals surface area contributed by atoms with E-state index in [0.29, 0.717) is 17.2 Å². The Morgan fingerprint density at radius 3 is 2.53 bits per heavy atom. The summed E-state index contributed by atoms with van der Waals surface area (Å²) >= 11 is 0. The summed E-state index contributed by atoms with van der Waals surface area (Å²) < 4.78 is 10.0. The van der Waals surface area contributed by atoms with Gasteiger partial charge in [0.25, 0.3) is 5.91 Å². The summed E-state index contributed by atoms with van der Waals surface area (Å²) in [6.07, 6.45) is -0.841. The van der Waals surface area contributed by atoms with Gasteiger partial charge < -0.3 is 19.7 Å². The summed E-state index contributed by atoms with van der Waals surface area (Å²) in [7, 11) is 1.51. The van der Waals surface area contributed by atoms with Crippen LogP contribution in [0.4, 0.5) is 0 Å². The zero-order valence-electron chi connectivity index (χ0n) is 12.1. The number of methoxy groups -OCH3 is 1. The molecule has 0 radical (unpaired) electrons. The van der Waals surface area contributed by atoms with Gasteiger partial charge in [-0.25, -0.2) is 0 Å². The van der Waals surface area contributed by atoms with Crippen LogP contribution in [0.2, 0.25) is 0 Å². The monoisotopic (exact) mass is 270 g/mol. The van der Waals surface area contributed by atoms with Gasteiger partial charge in [0.15, 0.2) is 11.5 Å². The number of carbonyl (C=O) groups excluding carboxylic acids is 1. The lowest BCUT2D eigenvalue weighted by molar-refractivity contribution is 0.0915. The molecule has 6 heteroatoms. The average molecular weight is 270 g/mol. The molecule has 2 N–H and O–H groups in total. The second kappa shape index (κ2) is 6.68. The van der Waals surface area contributed by atoms with Crippen LogP contribution in [0.15, 0.2) is 4.52 Å². The fourth-order valence-electron chi connectivity index (χ4n) is 1.60.